The number of hydrogen-bond acceptors (Lipinski definition) is 6. The number of nitrogens with zero attached hydrogens (tertiary/aromatic N) is 1. The van der Waals surface area contributed by atoms with Gasteiger partial charge in [-0.15, -0.1) is 0 Å². The lowest BCUT2D eigenvalue weighted by Crippen LogP contribution is -2.40. The Balaban J connectivity index is 2.36. The molecule has 1 rings (SSSR count). The predicted molar refractivity (Wildman–Crippen MR) is 82.6 cm³/mol. The van der Waals surface area contributed by atoms with E-state index < -0.39 is 0 Å². The van der Waals surface area contributed by atoms with Crippen molar-refractivity contribution in [3.8, 4) is 0 Å². The predicted octanol–water partition coefficient (Wildman–Crippen LogP) is -0.0401. The highest BCUT2D eigenvalue weighted by Crippen LogP contribution is 2.15. The van der Waals surface area contributed by atoms with Gasteiger partial charge in [0.1, 0.15) is 0 Å². The van der Waals surface area contributed by atoms with E-state index in [-0.39, 0.29) is 12.0 Å². The first-order valence-electron chi connectivity index (χ1n) is 7.91. The third-order valence-corrected chi connectivity index (χ3v) is 3.40. The Labute approximate surface area is 128 Å². The van der Waals surface area contributed by atoms with Gasteiger partial charge in [-0.2, -0.15) is 0 Å². The second-order valence-corrected chi connectivity index (χ2v) is 6.19. The highest BCUT2D eigenvalue weighted by molar-refractivity contribution is 4.73. The molecule has 6 heteroatoms. The third-order valence-electron chi connectivity index (χ3n) is 3.40. The molecule has 0 aliphatic carbocycles. The van der Waals surface area contributed by atoms with Crippen LogP contribution in [0.1, 0.15) is 13.8 Å². The van der Waals surface area contributed by atoms with Gasteiger partial charge in [0.05, 0.1) is 39.6 Å². The molecule has 0 radical (unpaired) electrons. The maximum absolute atomic E-state index is 9.42. The minimum Gasteiger partial charge on any atom is -0.396 e. The molecule has 126 valence electrons. The van der Waals surface area contributed by atoms with Crippen LogP contribution in [-0.2, 0) is 14.2 Å². The first-order chi connectivity index (χ1) is 10.1. The van der Waals surface area contributed by atoms with Crippen molar-refractivity contribution in [3.63, 3.8) is 0 Å². The van der Waals surface area contributed by atoms with Gasteiger partial charge in [-0.1, -0.05) is 13.8 Å². The quantitative estimate of drug-likeness (QED) is 0.763. The van der Waals surface area contributed by atoms with Gasteiger partial charge >= 0.3 is 0 Å². The van der Waals surface area contributed by atoms with Crippen LogP contribution < -0.4 is 5.32 Å². The summed E-state index contributed by atoms with van der Waals surface area (Å²) in [5.74, 6) is 0. The molecule has 0 spiro atoms. The Morgan fingerprint density at radius 1 is 0.905 bits per heavy atom. The minimum atomic E-state index is -0.104. The maximum Gasteiger partial charge on any atom is 0.0701 e. The van der Waals surface area contributed by atoms with Crippen molar-refractivity contribution in [2.45, 2.75) is 13.8 Å². The van der Waals surface area contributed by atoms with Crippen LogP contribution in [0, 0.1) is 5.41 Å². The fourth-order valence-corrected chi connectivity index (χ4v) is 2.15. The fourth-order valence-electron chi connectivity index (χ4n) is 2.15. The second-order valence-electron chi connectivity index (χ2n) is 6.19. The number of ether oxygens (including phenoxy) is 3. The van der Waals surface area contributed by atoms with Crippen molar-refractivity contribution >= 4 is 0 Å². The molecule has 6 nitrogen and oxygen atoms in total. The van der Waals surface area contributed by atoms with Crippen LogP contribution in [0.3, 0.4) is 0 Å². The molecule has 0 amide bonds. The second kappa shape index (κ2) is 11.3. The summed E-state index contributed by atoms with van der Waals surface area (Å²) in [7, 11) is 0. The van der Waals surface area contributed by atoms with Crippen molar-refractivity contribution in [1.29, 1.82) is 0 Å². The Bertz CT molecular complexity index is 236. The molecule has 0 bridgehead atoms. The highest BCUT2D eigenvalue weighted by Gasteiger charge is 2.20. The van der Waals surface area contributed by atoms with E-state index in [9.17, 15) is 5.11 Å². The molecule has 0 saturated carbocycles. The summed E-state index contributed by atoms with van der Waals surface area (Å²) in [4.78, 5) is 2.30. The third kappa shape index (κ3) is 10.2. The van der Waals surface area contributed by atoms with E-state index in [2.05, 4.69) is 24.1 Å². The Morgan fingerprint density at radius 3 is 2.00 bits per heavy atom. The minimum absolute atomic E-state index is 0.104. The van der Waals surface area contributed by atoms with E-state index in [0.29, 0.717) is 39.6 Å². The zero-order valence-electron chi connectivity index (χ0n) is 13.6. The smallest absolute Gasteiger partial charge is 0.0701 e. The number of aliphatic hydroxyl groups is 1. The maximum atomic E-state index is 9.42. The van der Waals surface area contributed by atoms with Gasteiger partial charge in [-0.3, -0.25) is 4.90 Å². The van der Waals surface area contributed by atoms with E-state index in [1.807, 2.05) is 0 Å². The standard InChI is InChI=1S/C15H32N2O4/c1-15(2,14-18)13-17-5-9-19-7-3-16-4-8-20-11-12-21-10-6-17/h16,18H,3-14H2,1-2H3. The Morgan fingerprint density at radius 2 is 1.43 bits per heavy atom. The van der Waals surface area contributed by atoms with Crippen LogP contribution >= 0.6 is 0 Å². The first-order valence-corrected chi connectivity index (χ1v) is 7.91. The molecule has 1 saturated heterocycles. The van der Waals surface area contributed by atoms with Crippen molar-refractivity contribution in [2.75, 3.05) is 79.0 Å². The molecular formula is C15H32N2O4. The molecule has 0 unspecified atom stereocenters. The van der Waals surface area contributed by atoms with Gasteiger partial charge in [0, 0.05) is 44.7 Å². The number of aliphatic hydroxyl groups excluding tert-OH is 1. The van der Waals surface area contributed by atoms with E-state index >= 15 is 0 Å². The summed E-state index contributed by atoms with van der Waals surface area (Å²) >= 11 is 0. The van der Waals surface area contributed by atoms with Crippen molar-refractivity contribution in [2.24, 2.45) is 5.41 Å². The molecule has 21 heavy (non-hydrogen) atoms. The lowest BCUT2D eigenvalue weighted by atomic mass is 9.94. The molecular weight excluding hydrogens is 272 g/mol. The molecule has 1 heterocycles. The van der Waals surface area contributed by atoms with Crippen molar-refractivity contribution < 1.29 is 19.3 Å². The number of hydrogen-bond donors (Lipinski definition) is 2. The monoisotopic (exact) mass is 304 g/mol. The summed E-state index contributed by atoms with van der Waals surface area (Å²) in [5.41, 5.74) is -0.104. The molecule has 0 aromatic rings. The van der Waals surface area contributed by atoms with Crippen LogP contribution in [0.4, 0.5) is 0 Å². The van der Waals surface area contributed by atoms with Crippen LogP contribution in [0.2, 0.25) is 0 Å². The molecule has 0 aromatic carbocycles. The zero-order chi connectivity index (χ0) is 15.4. The summed E-state index contributed by atoms with van der Waals surface area (Å²) < 4.78 is 16.7. The fraction of sp³-hybridized carbons (Fsp3) is 1.00. The normalized spacial score (nSPS) is 22.4. The lowest BCUT2D eigenvalue weighted by molar-refractivity contribution is 0.0259. The highest BCUT2D eigenvalue weighted by atomic mass is 16.5. The van der Waals surface area contributed by atoms with Crippen LogP contribution in [-0.4, -0.2) is 89.0 Å². The number of nitrogens with one attached hydrogen (secondary N) is 1. The topological polar surface area (TPSA) is 63.2 Å². The molecule has 0 atom stereocenters. The molecule has 1 fully saturated rings. The van der Waals surface area contributed by atoms with Gasteiger partial charge in [0.25, 0.3) is 0 Å². The largest absolute Gasteiger partial charge is 0.396 e. The molecule has 1 aliphatic heterocycles. The van der Waals surface area contributed by atoms with Gasteiger partial charge in [-0.25, -0.2) is 0 Å². The summed E-state index contributed by atoms with van der Waals surface area (Å²) in [6.45, 7) is 12.7. The number of rotatable bonds is 3. The van der Waals surface area contributed by atoms with Gasteiger partial charge < -0.3 is 24.6 Å². The summed E-state index contributed by atoms with van der Waals surface area (Å²) in [5, 5.41) is 12.7. The van der Waals surface area contributed by atoms with Crippen LogP contribution in [0.5, 0.6) is 0 Å². The van der Waals surface area contributed by atoms with E-state index in [1.165, 1.54) is 0 Å². The van der Waals surface area contributed by atoms with Gasteiger partial charge in [0.2, 0.25) is 0 Å². The Kier molecular flexibility index (Phi) is 10.2. The van der Waals surface area contributed by atoms with E-state index in [4.69, 9.17) is 14.2 Å². The van der Waals surface area contributed by atoms with Crippen molar-refractivity contribution in [3.05, 3.63) is 0 Å². The van der Waals surface area contributed by atoms with E-state index in [0.717, 1.165) is 32.7 Å². The average Bonchev–Trinajstić information content (AvgIpc) is 2.47. The van der Waals surface area contributed by atoms with E-state index in [1.54, 1.807) is 0 Å². The van der Waals surface area contributed by atoms with Crippen LogP contribution in [0.15, 0.2) is 0 Å². The lowest BCUT2D eigenvalue weighted by Gasteiger charge is -2.31. The zero-order valence-corrected chi connectivity index (χ0v) is 13.6. The van der Waals surface area contributed by atoms with Crippen LogP contribution in [0.25, 0.3) is 0 Å². The first kappa shape index (κ1) is 18.8. The molecule has 2 N–H and O–H groups in total. The molecule has 1 aliphatic rings. The van der Waals surface area contributed by atoms with Crippen molar-refractivity contribution in [1.82, 2.24) is 10.2 Å². The van der Waals surface area contributed by atoms with Gasteiger partial charge in [0.15, 0.2) is 0 Å². The summed E-state index contributed by atoms with van der Waals surface area (Å²) in [6, 6.07) is 0. The average molecular weight is 304 g/mol. The van der Waals surface area contributed by atoms with Gasteiger partial charge in [-0.05, 0) is 0 Å². The SMILES string of the molecule is CC(C)(CO)CN1CCOCCNCCOCCOCC1. The Hall–Kier alpha value is -0.240. The summed E-state index contributed by atoms with van der Waals surface area (Å²) in [6.07, 6.45) is 0. The molecule has 0 aromatic heterocycles.